The van der Waals surface area contributed by atoms with Gasteiger partial charge >= 0.3 is 0 Å². The number of benzene rings is 1. The van der Waals surface area contributed by atoms with Crippen molar-refractivity contribution in [2.24, 2.45) is 5.73 Å². The first-order valence-corrected chi connectivity index (χ1v) is 4.91. The molecule has 0 aliphatic carbocycles. The van der Waals surface area contributed by atoms with Crippen molar-refractivity contribution in [1.82, 2.24) is 0 Å². The fourth-order valence-electron chi connectivity index (χ4n) is 0.972. The van der Waals surface area contributed by atoms with Crippen molar-refractivity contribution in [3.05, 3.63) is 28.8 Å². The monoisotopic (exact) mass is 224 g/mol. The van der Waals surface area contributed by atoms with Gasteiger partial charge in [-0.15, -0.1) is 0 Å². The van der Waals surface area contributed by atoms with E-state index >= 15 is 0 Å². The molecule has 3 nitrogen and oxygen atoms in total. The molecule has 2 N–H and O–H groups in total. The number of hydrogen-bond donors (Lipinski definition) is 1. The molecule has 1 aromatic rings. The van der Waals surface area contributed by atoms with E-state index in [0.717, 1.165) is 0 Å². The summed E-state index contributed by atoms with van der Waals surface area (Å²) in [5.74, 6) is 0.475. The topological polar surface area (TPSA) is 59.0 Å². The van der Waals surface area contributed by atoms with E-state index in [4.69, 9.17) is 27.3 Å². The second kappa shape index (κ2) is 4.52. The van der Waals surface area contributed by atoms with Gasteiger partial charge in [0.2, 0.25) is 0 Å². The molecule has 0 unspecified atom stereocenters. The van der Waals surface area contributed by atoms with Crippen LogP contribution in [-0.4, -0.2) is 12.1 Å². The van der Waals surface area contributed by atoms with E-state index in [1.54, 1.807) is 18.2 Å². The fraction of sp³-hybridized carbons (Fsp3) is 0.364. The zero-order chi connectivity index (χ0) is 11.5. The van der Waals surface area contributed by atoms with Crippen molar-refractivity contribution in [1.29, 1.82) is 5.26 Å². The van der Waals surface area contributed by atoms with Gasteiger partial charge in [0.1, 0.15) is 18.4 Å². The van der Waals surface area contributed by atoms with Gasteiger partial charge in [0.15, 0.2) is 0 Å². The summed E-state index contributed by atoms with van der Waals surface area (Å²) < 4.78 is 5.44. The number of ether oxygens (including phenoxy) is 1. The number of halogens is 1. The number of rotatable bonds is 3. The minimum atomic E-state index is -0.435. The van der Waals surface area contributed by atoms with E-state index in [2.05, 4.69) is 0 Å². The van der Waals surface area contributed by atoms with Crippen LogP contribution < -0.4 is 10.5 Å². The van der Waals surface area contributed by atoms with E-state index < -0.39 is 5.54 Å². The third kappa shape index (κ3) is 3.78. The van der Waals surface area contributed by atoms with E-state index in [1.165, 1.54) is 0 Å². The highest BCUT2D eigenvalue weighted by Gasteiger charge is 2.13. The van der Waals surface area contributed by atoms with Gasteiger partial charge in [-0.25, -0.2) is 0 Å². The van der Waals surface area contributed by atoms with Crippen molar-refractivity contribution in [3.63, 3.8) is 0 Å². The van der Waals surface area contributed by atoms with Crippen LogP contribution in [0.2, 0.25) is 5.02 Å². The summed E-state index contributed by atoms with van der Waals surface area (Å²) in [4.78, 5) is 0. The molecule has 0 radical (unpaired) electrons. The van der Waals surface area contributed by atoms with Gasteiger partial charge in [0.05, 0.1) is 5.56 Å². The summed E-state index contributed by atoms with van der Waals surface area (Å²) in [5.41, 5.74) is 5.80. The van der Waals surface area contributed by atoms with Gasteiger partial charge in [-0.3, -0.25) is 0 Å². The van der Waals surface area contributed by atoms with Crippen LogP contribution >= 0.6 is 11.6 Å². The first-order chi connectivity index (χ1) is 6.92. The first kappa shape index (κ1) is 11.8. The molecule has 0 fully saturated rings. The van der Waals surface area contributed by atoms with E-state index in [9.17, 15) is 0 Å². The van der Waals surface area contributed by atoms with E-state index in [1.807, 2.05) is 19.9 Å². The quantitative estimate of drug-likeness (QED) is 0.857. The molecule has 0 heterocycles. The van der Waals surface area contributed by atoms with Gasteiger partial charge in [-0.1, -0.05) is 11.6 Å². The molecule has 4 heteroatoms. The molecule has 0 saturated carbocycles. The minimum absolute atomic E-state index is 0.335. The molecule has 0 amide bonds. The highest BCUT2D eigenvalue weighted by molar-refractivity contribution is 6.30. The average Bonchev–Trinajstić information content (AvgIpc) is 2.14. The third-order valence-electron chi connectivity index (χ3n) is 1.66. The summed E-state index contributed by atoms with van der Waals surface area (Å²) in [6, 6.07) is 6.93. The second-order valence-electron chi connectivity index (χ2n) is 4.03. The Morgan fingerprint density at radius 3 is 2.73 bits per heavy atom. The smallest absolute Gasteiger partial charge is 0.138 e. The number of hydrogen-bond acceptors (Lipinski definition) is 3. The Balaban J connectivity index is 2.85. The molecule has 0 aliphatic rings. The Bertz CT molecular complexity index is 391. The highest BCUT2D eigenvalue weighted by atomic mass is 35.5. The average molecular weight is 225 g/mol. The lowest BCUT2D eigenvalue weighted by molar-refractivity contribution is 0.243. The van der Waals surface area contributed by atoms with Crippen molar-refractivity contribution >= 4 is 11.6 Å². The Morgan fingerprint density at radius 1 is 1.53 bits per heavy atom. The Morgan fingerprint density at radius 2 is 2.20 bits per heavy atom. The fourth-order valence-corrected chi connectivity index (χ4v) is 1.13. The molecule has 0 aromatic heterocycles. The largest absolute Gasteiger partial charge is 0.490 e. The molecule has 1 aromatic carbocycles. The van der Waals surface area contributed by atoms with Crippen LogP contribution in [0.25, 0.3) is 0 Å². The predicted octanol–water partition coefficient (Wildman–Crippen LogP) is 2.33. The third-order valence-corrected chi connectivity index (χ3v) is 1.90. The van der Waals surface area contributed by atoms with Crippen LogP contribution in [-0.2, 0) is 0 Å². The molecule has 80 valence electrons. The number of nitrogens with two attached hydrogens (primary N) is 1. The van der Waals surface area contributed by atoms with Crippen molar-refractivity contribution in [2.75, 3.05) is 6.61 Å². The van der Waals surface area contributed by atoms with Crippen LogP contribution in [0.4, 0.5) is 0 Å². The summed E-state index contributed by atoms with van der Waals surface area (Å²) in [6.45, 7) is 4.04. The summed E-state index contributed by atoms with van der Waals surface area (Å²) >= 11 is 5.80. The van der Waals surface area contributed by atoms with Gasteiger partial charge in [-0.05, 0) is 26.0 Å². The van der Waals surface area contributed by atoms with Crippen LogP contribution in [0.15, 0.2) is 18.2 Å². The molecule has 1 rings (SSSR count). The zero-order valence-corrected chi connectivity index (χ0v) is 9.51. The molecular formula is C11H13ClN2O. The maximum Gasteiger partial charge on any atom is 0.138 e. The molecule has 0 bridgehead atoms. The summed E-state index contributed by atoms with van der Waals surface area (Å²) in [6.07, 6.45) is 0. The van der Waals surface area contributed by atoms with Crippen molar-refractivity contribution in [3.8, 4) is 11.8 Å². The van der Waals surface area contributed by atoms with Crippen LogP contribution in [0.1, 0.15) is 19.4 Å². The highest BCUT2D eigenvalue weighted by Crippen LogP contribution is 2.23. The number of nitriles is 1. The molecule has 0 atom stereocenters. The Labute approximate surface area is 94.4 Å². The maximum absolute atomic E-state index is 8.83. The standard InChI is InChI=1S/C11H13ClN2O/c1-11(2,14)7-15-10-5-9(12)4-3-8(10)6-13/h3-5H,7,14H2,1-2H3. The molecule has 0 spiro atoms. The summed E-state index contributed by atoms with van der Waals surface area (Å²) in [7, 11) is 0. The lowest BCUT2D eigenvalue weighted by Gasteiger charge is -2.19. The zero-order valence-electron chi connectivity index (χ0n) is 8.75. The van der Waals surface area contributed by atoms with Crippen molar-refractivity contribution < 1.29 is 4.74 Å². The van der Waals surface area contributed by atoms with Crippen LogP contribution in [0, 0.1) is 11.3 Å². The van der Waals surface area contributed by atoms with Gasteiger partial charge in [0.25, 0.3) is 0 Å². The first-order valence-electron chi connectivity index (χ1n) is 4.54. The van der Waals surface area contributed by atoms with Gasteiger partial charge < -0.3 is 10.5 Å². The summed E-state index contributed by atoms with van der Waals surface area (Å²) in [5, 5.41) is 9.38. The Kier molecular flexibility index (Phi) is 3.57. The van der Waals surface area contributed by atoms with Crippen molar-refractivity contribution in [2.45, 2.75) is 19.4 Å². The predicted molar refractivity (Wildman–Crippen MR) is 59.9 cm³/mol. The second-order valence-corrected chi connectivity index (χ2v) is 4.47. The molecular weight excluding hydrogens is 212 g/mol. The lowest BCUT2D eigenvalue weighted by Crippen LogP contribution is -2.38. The van der Waals surface area contributed by atoms with E-state index in [-0.39, 0.29) is 0 Å². The van der Waals surface area contributed by atoms with Gasteiger partial charge in [0, 0.05) is 16.6 Å². The Hall–Kier alpha value is -1.24. The number of nitrogens with zero attached hydrogens (tertiary/aromatic N) is 1. The minimum Gasteiger partial charge on any atom is -0.490 e. The SMILES string of the molecule is CC(C)(N)COc1cc(Cl)ccc1C#N. The van der Waals surface area contributed by atoms with Gasteiger partial charge in [-0.2, -0.15) is 5.26 Å². The maximum atomic E-state index is 8.83. The van der Waals surface area contributed by atoms with Crippen LogP contribution in [0.5, 0.6) is 5.75 Å². The molecule has 15 heavy (non-hydrogen) atoms. The van der Waals surface area contributed by atoms with E-state index in [0.29, 0.717) is 22.9 Å². The normalized spacial score (nSPS) is 10.9. The van der Waals surface area contributed by atoms with Crippen LogP contribution in [0.3, 0.4) is 0 Å². The molecule has 0 saturated heterocycles. The molecule has 0 aliphatic heterocycles. The lowest BCUT2D eigenvalue weighted by atomic mass is 10.1.